The van der Waals surface area contributed by atoms with Crippen LogP contribution >= 0.6 is 11.3 Å². The number of pyridine rings is 1. The zero-order chi connectivity index (χ0) is 24.8. The molecule has 0 aromatic carbocycles. The summed E-state index contributed by atoms with van der Waals surface area (Å²) < 4.78 is 11.7. The Morgan fingerprint density at radius 2 is 1.94 bits per heavy atom. The lowest BCUT2D eigenvalue weighted by molar-refractivity contribution is 0.0317. The van der Waals surface area contributed by atoms with Crippen LogP contribution in [0.2, 0.25) is 0 Å². The Labute approximate surface area is 210 Å². The summed E-state index contributed by atoms with van der Waals surface area (Å²) in [6.07, 6.45) is 8.39. The van der Waals surface area contributed by atoms with Gasteiger partial charge in [0, 0.05) is 19.9 Å². The maximum atomic E-state index is 12.8. The third kappa shape index (κ3) is 6.25. The molecule has 2 N–H and O–H groups in total. The summed E-state index contributed by atoms with van der Waals surface area (Å²) in [5, 5.41) is 7.25. The minimum atomic E-state index is -0.0766. The lowest BCUT2D eigenvalue weighted by Crippen LogP contribution is -2.28. The van der Waals surface area contributed by atoms with E-state index in [-0.39, 0.29) is 12.0 Å². The fraction of sp³-hybridized carbons (Fsp3) is 0.520. The minimum absolute atomic E-state index is 0.0766. The maximum absolute atomic E-state index is 12.8. The van der Waals surface area contributed by atoms with Crippen LogP contribution < -0.4 is 15.4 Å². The summed E-state index contributed by atoms with van der Waals surface area (Å²) >= 11 is 1.38. The molecule has 9 nitrogen and oxygen atoms in total. The molecule has 0 unspecified atom stereocenters. The van der Waals surface area contributed by atoms with Crippen LogP contribution in [-0.4, -0.2) is 72.3 Å². The van der Waals surface area contributed by atoms with Gasteiger partial charge in [-0.1, -0.05) is 0 Å². The second-order valence-corrected chi connectivity index (χ2v) is 10.1. The van der Waals surface area contributed by atoms with Crippen LogP contribution in [0.1, 0.15) is 47.3 Å². The summed E-state index contributed by atoms with van der Waals surface area (Å²) in [4.78, 5) is 29.8. The van der Waals surface area contributed by atoms with Crippen molar-refractivity contribution in [3.05, 3.63) is 35.1 Å². The predicted octanol–water partition coefficient (Wildman–Crippen LogP) is 4.16. The molecule has 1 aliphatic carbocycles. The van der Waals surface area contributed by atoms with E-state index in [1.807, 2.05) is 33.2 Å². The van der Waals surface area contributed by atoms with Crippen molar-refractivity contribution in [3.63, 3.8) is 0 Å². The average Bonchev–Trinajstić information content (AvgIpc) is 3.20. The Hall–Kier alpha value is -2.82. The first kappa shape index (κ1) is 25.3. The molecule has 10 heteroatoms. The summed E-state index contributed by atoms with van der Waals surface area (Å²) in [6, 6.07) is 3.79. The summed E-state index contributed by atoms with van der Waals surface area (Å²) in [7, 11) is 5.81. The molecule has 1 fully saturated rings. The van der Waals surface area contributed by atoms with Gasteiger partial charge < -0.3 is 25.0 Å². The number of thiophene rings is 1. The molecule has 1 saturated carbocycles. The van der Waals surface area contributed by atoms with Gasteiger partial charge >= 0.3 is 0 Å². The Morgan fingerprint density at radius 3 is 2.69 bits per heavy atom. The number of methoxy groups -OCH3 is 1. The van der Waals surface area contributed by atoms with Crippen molar-refractivity contribution in [2.45, 2.75) is 51.2 Å². The topological polar surface area (TPSA) is 101 Å². The molecule has 0 aliphatic heterocycles. The predicted molar refractivity (Wildman–Crippen MR) is 139 cm³/mol. The Kier molecular flexibility index (Phi) is 8.48. The number of nitrogens with zero attached hydrogens (tertiary/aromatic N) is 4. The first-order valence-corrected chi connectivity index (χ1v) is 12.9. The highest BCUT2D eigenvalue weighted by molar-refractivity contribution is 7.20. The number of anilines is 2. The number of hydrogen-bond donors (Lipinski definition) is 2. The Bertz CT molecular complexity index is 1140. The smallest absolute Gasteiger partial charge is 0.261 e. The highest BCUT2D eigenvalue weighted by Crippen LogP contribution is 2.36. The van der Waals surface area contributed by atoms with Crippen molar-refractivity contribution in [2.24, 2.45) is 0 Å². The third-order valence-electron chi connectivity index (χ3n) is 6.26. The van der Waals surface area contributed by atoms with Crippen molar-refractivity contribution in [2.75, 3.05) is 39.6 Å². The van der Waals surface area contributed by atoms with E-state index < -0.39 is 0 Å². The van der Waals surface area contributed by atoms with Crippen LogP contribution in [0.5, 0.6) is 5.88 Å². The molecular formula is C25H34N6O3S. The van der Waals surface area contributed by atoms with Gasteiger partial charge in [-0.2, -0.15) is 0 Å². The van der Waals surface area contributed by atoms with Crippen LogP contribution in [0.4, 0.5) is 11.5 Å². The summed E-state index contributed by atoms with van der Waals surface area (Å²) in [5.74, 6) is 1.11. The number of fused-ring (bicyclic) bond motifs is 1. The van der Waals surface area contributed by atoms with E-state index in [1.165, 1.54) is 17.7 Å². The number of nitrogens with one attached hydrogen (secondary N) is 2. The van der Waals surface area contributed by atoms with Crippen LogP contribution in [0, 0.1) is 6.92 Å². The number of hydrogen-bond acceptors (Lipinski definition) is 9. The van der Waals surface area contributed by atoms with Crippen LogP contribution in [0.15, 0.2) is 24.7 Å². The van der Waals surface area contributed by atoms with Crippen molar-refractivity contribution >= 4 is 39.0 Å². The highest BCUT2D eigenvalue weighted by Gasteiger charge is 2.24. The number of carbonyl (C=O) groups excluding carboxylic acids is 1. The van der Waals surface area contributed by atoms with Crippen molar-refractivity contribution in [1.82, 2.24) is 25.2 Å². The zero-order valence-electron chi connectivity index (χ0n) is 20.8. The second-order valence-electron chi connectivity index (χ2n) is 9.10. The average molecular weight is 499 g/mol. The molecule has 0 spiro atoms. The Morgan fingerprint density at radius 1 is 1.17 bits per heavy atom. The lowest BCUT2D eigenvalue weighted by atomic mass is 9.95. The maximum Gasteiger partial charge on any atom is 0.261 e. The van der Waals surface area contributed by atoms with E-state index in [0.717, 1.165) is 60.1 Å². The molecule has 0 atom stereocenters. The van der Waals surface area contributed by atoms with Gasteiger partial charge in [0.1, 0.15) is 28.8 Å². The van der Waals surface area contributed by atoms with E-state index in [2.05, 4.69) is 30.5 Å². The van der Waals surface area contributed by atoms with E-state index in [1.54, 1.807) is 13.3 Å². The van der Waals surface area contributed by atoms with Gasteiger partial charge in [0.2, 0.25) is 5.88 Å². The van der Waals surface area contributed by atoms with Crippen LogP contribution in [-0.2, 0) is 4.74 Å². The van der Waals surface area contributed by atoms with Gasteiger partial charge in [-0.25, -0.2) is 15.0 Å². The van der Waals surface area contributed by atoms with Crippen molar-refractivity contribution in [1.29, 1.82) is 0 Å². The minimum Gasteiger partial charge on any atom is -0.473 e. The number of amides is 1. The van der Waals surface area contributed by atoms with E-state index in [4.69, 9.17) is 9.47 Å². The van der Waals surface area contributed by atoms with Gasteiger partial charge in [-0.15, -0.1) is 11.3 Å². The monoisotopic (exact) mass is 498 g/mol. The highest BCUT2D eigenvalue weighted by atomic mass is 32.1. The standard InChI is InChI=1S/C25H34N6O3S/c1-16-20-22(28-15-29-25(20)35-21(16)23(32)26-13-6-14-31(2)3)30-19-7-5-12-27-24(19)34-18-10-8-17(33-4)9-11-18/h5,7,12,15,17-18H,6,8-11,13-14H2,1-4H3,(H,26,32)(H,28,29,30). The number of ether oxygens (including phenoxy) is 2. The molecule has 188 valence electrons. The molecule has 1 amide bonds. The van der Waals surface area contributed by atoms with E-state index in [0.29, 0.717) is 29.2 Å². The first-order valence-electron chi connectivity index (χ1n) is 12.0. The molecule has 0 saturated heterocycles. The molecule has 3 heterocycles. The number of rotatable bonds is 10. The first-order chi connectivity index (χ1) is 17.0. The molecule has 4 rings (SSSR count). The van der Waals surface area contributed by atoms with Crippen LogP contribution in [0.25, 0.3) is 10.2 Å². The molecule has 0 radical (unpaired) electrons. The molecule has 0 bridgehead atoms. The fourth-order valence-corrected chi connectivity index (χ4v) is 5.38. The number of carbonyl (C=O) groups is 1. The van der Waals surface area contributed by atoms with Gasteiger partial charge in [-0.3, -0.25) is 4.79 Å². The second kappa shape index (κ2) is 11.7. The number of aromatic nitrogens is 3. The summed E-state index contributed by atoms with van der Waals surface area (Å²) in [5.41, 5.74) is 1.60. The van der Waals surface area contributed by atoms with Gasteiger partial charge in [0.25, 0.3) is 5.91 Å². The zero-order valence-corrected chi connectivity index (χ0v) is 21.7. The normalized spacial score (nSPS) is 18.1. The van der Waals surface area contributed by atoms with E-state index >= 15 is 0 Å². The Balaban J connectivity index is 1.51. The van der Waals surface area contributed by atoms with E-state index in [9.17, 15) is 4.79 Å². The van der Waals surface area contributed by atoms with Gasteiger partial charge in [0.05, 0.1) is 16.4 Å². The quantitative estimate of drug-likeness (QED) is 0.402. The van der Waals surface area contributed by atoms with Crippen molar-refractivity contribution < 1.29 is 14.3 Å². The summed E-state index contributed by atoms with van der Waals surface area (Å²) in [6.45, 7) is 3.50. The van der Waals surface area contributed by atoms with Gasteiger partial charge in [-0.05, 0) is 77.4 Å². The fourth-order valence-electron chi connectivity index (χ4n) is 4.31. The molecule has 3 aromatic rings. The molecular weight excluding hydrogens is 464 g/mol. The molecule has 1 aliphatic rings. The third-order valence-corrected chi connectivity index (χ3v) is 7.46. The largest absolute Gasteiger partial charge is 0.473 e. The molecule has 3 aromatic heterocycles. The lowest BCUT2D eigenvalue weighted by Gasteiger charge is -2.28. The van der Waals surface area contributed by atoms with Crippen LogP contribution in [0.3, 0.4) is 0 Å². The molecule has 35 heavy (non-hydrogen) atoms. The SMILES string of the molecule is COC1CCC(Oc2ncccc2Nc2ncnc3sc(C(=O)NCCCN(C)C)c(C)c23)CC1. The number of aryl methyl sites for hydroxylation is 1. The van der Waals surface area contributed by atoms with Crippen molar-refractivity contribution in [3.8, 4) is 5.88 Å². The van der Waals surface area contributed by atoms with Gasteiger partial charge in [0.15, 0.2) is 0 Å².